The average Bonchev–Trinajstić information content (AvgIpc) is 2.97. The molecule has 19 heavy (non-hydrogen) atoms. The maximum Gasteiger partial charge on any atom is 0.287 e. The Hall–Kier alpha value is -1.67. The Bertz CT molecular complexity index is 622. The number of aromatic nitrogens is 1. The summed E-state index contributed by atoms with van der Waals surface area (Å²) in [5, 5.41) is 12.5. The van der Waals surface area contributed by atoms with E-state index >= 15 is 0 Å². The van der Waals surface area contributed by atoms with E-state index in [0.29, 0.717) is 6.54 Å². The Kier molecular flexibility index (Phi) is 4.01. The zero-order valence-corrected chi connectivity index (χ0v) is 12.3. The normalized spacial score (nSPS) is 10.4. The van der Waals surface area contributed by atoms with E-state index in [-0.39, 0.29) is 17.3 Å². The summed E-state index contributed by atoms with van der Waals surface area (Å²) in [4.78, 5) is 27.2. The van der Waals surface area contributed by atoms with Crippen molar-refractivity contribution in [1.29, 1.82) is 0 Å². The van der Waals surface area contributed by atoms with Gasteiger partial charge in [-0.15, -0.1) is 11.3 Å². The van der Waals surface area contributed by atoms with Gasteiger partial charge in [-0.25, -0.2) is 0 Å². The molecule has 0 aliphatic rings. The molecule has 2 aromatic heterocycles. The van der Waals surface area contributed by atoms with Crippen molar-refractivity contribution in [3.63, 3.8) is 0 Å². The van der Waals surface area contributed by atoms with Crippen molar-refractivity contribution in [3.05, 3.63) is 48.9 Å². The van der Waals surface area contributed by atoms with Crippen molar-refractivity contribution in [1.82, 2.24) is 9.88 Å². The number of amides is 1. The van der Waals surface area contributed by atoms with Crippen molar-refractivity contribution in [2.24, 2.45) is 0 Å². The van der Waals surface area contributed by atoms with Crippen LogP contribution in [0.3, 0.4) is 0 Å². The Morgan fingerprint density at radius 3 is 2.84 bits per heavy atom. The highest BCUT2D eigenvalue weighted by molar-refractivity contribution is 9.10. The van der Waals surface area contributed by atoms with Gasteiger partial charge >= 0.3 is 0 Å². The van der Waals surface area contributed by atoms with Crippen LogP contribution in [0.25, 0.3) is 0 Å². The highest BCUT2D eigenvalue weighted by Crippen LogP contribution is 2.21. The van der Waals surface area contributed by atoms with Crippen LogP contribution in [0, 0.1) is 10.1 Å². The van der Waals surface area contributed by atoms with Crippen LogP contribution in [0.2, 0.25) is 0 Å². The highest BCUT2D eigenvalue weighted by Gasteiger charge is 2.18. The number of thiophene rings is 1. The van der Waals surface area contributed by atoms with Crippen LogP contribution in [-0.4, -0.2) is 27.8 Å². The minimum Gasteiger partial charge on any atom is -0.351 e. The van der Waals surface area contributed by atoms with Crippen LogP contribution < -0.4 is 0 Å². The fourth-order valence-electron chi connectivity index (χ4n) is 1.56. The second-order valence-corrected chi connectivity index (χ2v) is 5.83. The van der Waals surface area contributed by atoms with Gasteiger partial charge in [-0.2, -0.15) is 0 Å². The maximum atomic E-state index is 12.1. The summed E-state index contributed by atoms with van der Waals surface area (Å²) in [6, 6.07) is 3.18. The molecule has 0 fully saturated rings. The van der Waals surface area contributed by atoms with Crippen LogP contribution in [0.5, 0.6) is 0 Å². The van der Waals surface area contributed by atoms with Gasteiger partial charge in [-0.1, -0.05) is 0 Å². The third-order valence-electron chi connectivity index (χ3n) is 2.47. The Morgan fingerprint density at radius 1 is 1.58 bits per heavy atom. The smallest absolute Gasteiger partial charge is 0.287 e. The van der Waals surface area contributed by atoms with Gasteiger partial charge in [0.25, 0.3) is 11.6 Å². The second-order valence-electron chi connectivity index (χ2n) is 3.92. The first-order valence-electron chi connectivity index (χ1n) is 5.28. The molecular weight excluding hydrogens is 334 g/mol. The number of H-pyrrole nitrogens is 1. The number of hydrogen-bond acceptors (Lipinski definition) is 4. The van der Waals surface area contributed by atoms with Crippen LogP contribution in [0.4, 0.5) is 5.69 Å². The molecular formula is C11H10BrN3O3S. The zero-order chi connectivity index (χ0) is 14.0. The number of halogens is 1. The molecule has 2 aromatic rings. The molecule has 2 heterocycles. The van der Waals surface area contributed by atoms with E-state index in [2.05, 4.69) is 20.9 Å². The van der Waals surface area contributed by atoms with Crippen molar-refractivity contribution in [2.45, 2.75) is 6.54 Å². The lowest BCUT2D eigenvalue weighted by Crippen LogP contribution is -2.26. The van der Waals surface area contributed by atoms with Gasteiger partial charge < -0.3 is 9.88 Å². The molecule has 0 aromatic carbocycles. The molecule has 0 radical (unpaired) electrons. The van der Waals surface area contributed by atoms with Gasteiger partial charge in [0.15, 0.2) is 0 Å². The van der Waals surface area contributed by atoms with Crippen LogP contribution in [0.15, 0.2) is 28.2 Å². The number of aromatic amines is 1. The van der Waals surface area contributed by atoms with Crippen LogP contribution >= 0.6 is 27.3 Å². The molecule has 2 rings (SSSR count). The summed E-state index contributed by atoms with van der Waals surface area (Å²) in [6.07, 6.45) is 1.21. The van der Waals surface area contributed by atoms with Gasteiger partial charge in [0.05, 0.1) is 17.7 Å². The first-order chi connectivity index (χ1) is 8.97. The molecule has 0 atom stereocenters. The molecule has 0 saturated heterocycles. The van der Waals surface area contributed by atoms with E-state index in [1.807, 2.05) is 11.4 Å². The molecule has 0 saturated carbocycles. The molecule has 0 aliphatic heterocycles. The monoisotopic (exact) mass is 343 g/mol. The summed E-state index contributed by atoms with van der Waals surface area (Å²) >= 11 is 4.89. The molecule has 0 aliphatic carbocycles. The van der Waals surface area contributed by atoms with E-state index < -0.39 is 4.92 Å². The van der Waals surface area contributed by atoms with Gasteiger partial charge in [0.1, 0.15) is 5.69 Å². The zero-order valence-electron chi connectivity index (χ0n) is 9.92. The summed E-state index contributed by atoms with van der Waals surface area (Å²) in [7, 11) is 1.66. The van der Waals surface area contributed by atoms with E-state index in [1.54, 1.807) is 18.4 Å². The molecule has 8 heteroatoms. The van der Waals surface area contributed by atoms with Crippen molar-refractivity contribution < 1.29 is 9.72 Å². The third kappa shape index (κ3) is 3.21. The molecule has 6 nitrogen and oxygen atoms in total. The average molecular weight is 344 g/mol. The SMILES string of the molecule is CN(Cc1cc(Br)cs1)C(=O)c1cc([N+](=O)[O-])c[nH]1. The van der Waals surface area contributed by atoms with E-state index in [4.69, 9.17) is 0 Å². The first-order valence-corrected chi connectivity index (χ1v) is 6.96. The Morgan fingerprint density at radius 2 is 2.32 bits per heavy atom. The summed E-state index contributed by atoms with van der Waals surface area (Å²) in [6.45, 7) is 0.460. The minimum absolute atomic E-state index is 0.115. The topological polar surface area (TPSA) is 79.2 Å². The molecule has 0 unspecified atom stereocenters. The highest BCUT2D eigenvalue weighted by atomic mass is 79.9. The van der Waals surface area contributed by atoms with Gasteiger partial charge in [-0.3, -0.25) is 14.9 Å². The lowest BCUT2D eigenvalue weighted by atomic mass is 10.3. The number of rotatable bonds is 4. The summed E-state index contributed by atoms with van der Waals surface area (Å²) in [5.74, 6) is -0.280. The molecule has 1 amide bonds. The van der Waals surface area contributed by atoms with Gasteiger partial charge in [0, 0.05) is 27.8 Å². The third-order valence-corrected chi connectivity index (χ3v) is 4.15. The second kappa shape index (κ2) is 5.54. The van der Waals surface area contributed by atoms with Crippen molar-refractivity contribution in [3.8, 4) is 0 Å². The van der Waals surface area contributed by atoms with Crippen molar-refractivity contribution in [2.75, 3.05) is 7.05 Å². The van der Waals surface area contributed by atoms with Crippen LogP contribution in [-0.2, 0) is 6.54 Å². The number of nitro groups is 1. The van der Waals surface area contributed by atoms with Gasteiger partial charge in [0.2, 0.25) is 0 Å². The quantitative estimate of drug-likeness (QED) is 0.684. The maximum absolute atomic E-state index is 12.1. The molecule has 1 N–H and O–H groups in total. The van der Waals surface area contributed by atoms with Crippen LogP contribution in [0.1, 0.15) is 15.4 Å². The Labute approximate surface area is 121 Å². The number of carbonyl (C=O) groups is 1. The number of nitrogens with one attached hydrogen (secondary N) is 1. The van der Waals surface area contributed by atoms with E-state index in [9.17, 15) is 14.9 Å². The summed E-state index contributed by atoms with van der Waals surface area (Å²) < 4.78 is 0.976. The predicted octanol–water partition coefficient (Wildman–Crippen LogP) is 3.02. The minimum atomic E-state index is -0.538. The first kappa shape index (κ1) is 13.8. The standard InChI is InChI=1S/C11H10BrN3O3S/c1-14(5-9-2-7(12)6-19-9)11(16)10-3-8(4-13-10)15(17)18/h2-4,6,13H,5H2,1H3. The van der Waals surface area contributed by atoms with Crippen molar-refractivity contribution >= 4 is 38.9 Å². The largest absolute Gasteiger partial charge is 0.351 e. The Balaban J connectivity index is 2.07. The van der Waals surface area contributed by atoms with E-state index in [0.717, 1.165) is 9.35 Å². The fraction of sp³-hybridized carbons (Fsp3) is 0.182. The molecule has 0 bridgehead atoms. The lowest BCUT2D eigenvalue weighted by Gasteiger charge is -2.14. The molecule has 0 spiro atoms. The summed E-state index contributed by atoms with van der Waals surface area (Å²) in [5.41, 5.74) is 0.0976. The molecule has 100 valence electrons. The lowest BCUT2D eigenvalue weighted by molar-refractivity contribution is -0.384. The number of carbonyl (C=O) groups excluding carboxylic acids is 1. The predicted molar refractivity (Wildman–Crippen MR) is 75.3 cm³/mol. The van der Waals surface area contributed by atoms with E-state index in [1.165, 1.54) is 17.2 Å². The number of nitrogens with zero attached hydrogens (tertiary/aromatic N) is 2. The fourth-order valence-corrected chi connectivity index (χ4v) is 3.06. The number of hydrogen-bond donors (Lipinski definition) is 1. The van der Waals surface area contributed by atoms with Gasteiger partial charge in [-0.05, 0) is 22.0 Å².